The van der Waals surface area contributed by atoms with Gasteiger partial charge in [0.1, 0.15) is 10.7 Å². The molecule has 7 heteroatoms. The summed E-state index contributed by atoms with van der Waals surface area (Å²) in [7, 11) is 1.62. The van der Waals surface area contributed by atoms with Crippen LogP contribution in [-0.4, -0.2) is 12.1 Å². The maximum absolute atomic E-state index is 5.77. The minimum Gasteiger partial charge on any atom is -0.495 e. The van der Waals surface area contributed by atoms with Crippen molar-refractivity contribution in [2.75, 3.05) is 12.4 Å². The van der Waals surface area contributed by atoms with Crippen LogP contribution in [0.25, 0.3) is 0 Å². The van der Waals surface area contributed by atoms with Crippen LogP contribution in [0.4, 0.5) is 11.4 Å². The van der Waals surface area contributed by atoms with E-state index >= 15 is 0 Å². The van der Waals surface area contributed by atoms with Crippen LogP contribution in [0.1, 0.15) is 5.56 Å². The van der Waals surface area contributed by atoms with Crippen molar-refractivity contribution in [2.24, 2.45) is 5.73 Å². The molecule has 2 rings (SSSR count). The van der Waals surface area contributed by atoms with E-state index in [1.54, 1.807) is 7.11 Å². The Morgan fingerprint density at radius 2 is 1.81 bits per heavy atom. The maximum atomic E-state index is 5.77. The first-order chi connectivity index (χ1) is 9.92. The highest BCUT2D eigenvalue weighted by atomic mass is 79.9. The summed E-state index contributed by atoms with van der Waals surface area (Å²) >= 11 is 15.5. The number of rotatable bonds is 4. The van der Waals surface area contributed by atoms with Crippen molar-refractivity contribution >= 4 is 76.4 Å². The van der Waals surface area contributed by atoms with Crippen LogP contribution in [0, 0.1) is 0 Å². The fourth-order valence-electron chi connectivity index (χ4n) is 1.76. The molecule has 2 aromatic carbocycles. The Balaban J connectivity index is 2.47. The Kier molecular flexibility index (Phi) is 5.65. The van der Waals surface area contributed by atoms with Crippen molar-refractivity contribution in [3.8, 4) is 5.75 Å². The van der Waals surface area contributed by atoms with Crippen molar-refractivity contribution in [3.05, 3.63) is 49.3 Å². The summed E-state index contributed by atoms with van der Waals surface area (Å²) in [5, 5.41) is 3.32. The zero-order valence-electron chi connectivity index (χ0n) is 10.9. The minimum atomic E-state index is 0.338. The minimum absolute atomic E-state index is 0.338. The second-order valence-corrected chi connectivity index (χ2v) is 7.21. The number of anilines is 2. The molecule has 0 aliphatic rings. The standard InChI is InChI=1S/C14H11Br3N2OS/c1-20-13-6-12(9(16)5-10(13)17)19-11-4-7(15)2-3-8(11)14(18)21/h2-6,19H,1H3,(H2,18,21). The number of ether oxygens (including phenoxy) is 1. The molecule has 0 aromatic heterocycles. The highest BCUT2D eigenvalue weighted by Crippen LogP contribution is 2.37. The second-order valence-electron chi connectivity index (χ2n) is 4.15. The normalized spacial score (nSPS) is 10.3. The SMILES string of the molecule is COc1cc(Nc2cc(Br)ccc2C(N)=S)c(Br)cc1Br. The molecule has 0 spiro atoms. The zero-order valence-corrected chi connectivity index (χ0v) is 16.5. The van der Waals surface area contributed by atoms with Gasteiger partial charge in [-0.2, -0.15) is 0 Å². The van der Waals surface area contributed by atoms with Gasteiger partial charge in [-0.15, -0.1) is 0 Å². The molecule has 0 unspecified atom stereocenters. The Bertz CT molecular complexity index is 707. The predicted molar refractivity (Wildman–Crippen MR) is 102 cm³/mol. The number of halogens is 3. The summed E-state index contributed by atoms with van der Waals surface area (Å²) < 4.78 is 8.01. The molecule has 0 fully saturated rings. The number of hydrogen-bond acceptors (Lipinski definition) is 3. The first-order valence-electron chi connectivity index (χ1n) is 5.81. The van der Waals surface area contributed by atoms with Gasteiger partial charge in [-0.25, -0.2) is 0 Å². The molecule has 0 aliphatic heterocycles. The third-order valence-corrected chi connectivity index (χ3v) is 4.75. The molecule has 21 heavy (non-hydrogen) atoms. The number of nitrogens with one attached hydrogen (secondary N) is 1. The Hall–Kier alpha value is -0.630. The highest BCUT2D eigenvalue weighted by Gasteiger charge is 2.11. The van der Waals surface area contributed by atoms with Gasteiger partial charge < -0.3 is 15.8 Å². The van der Waals surface area contributed by atoms with E-state index < -0.39 is 0 Å². The molecule has 0 amide bonds. The van der Waals surface area contributed by atoms with Crippen LogP contribution in [0.3, 0.4) is 0 Å². The van der Waals surface area contributed by atoms with E-state index in [2.05, 4.69) is 53.1 Å². The fraction of sp³-hybridized carbons (Fsp3) is 0.0714. The molecular formula is C14H11Br3N2OS. The summed E-state index contributed by atoms with van der Waals surface area (Å²) in [5.41, 5.74) is 8.22. The lowest BCUT2D eigenvalue weighted by atomic mass is 10.1. The van der Waals surface area contributed by atoms with E-state index in [4.69, 9.17) is 22.7 Å². The molecular weight excluding hydrogens is 484 g/mol. The average molecular weight is 495 g/mol. The lowest BCUT2D eigenvalue weighted by molar-refractivity contribution is 0.412. The second kappa shape index (κ2) is 7.09. The summed E-state index contributed by atoms with van der Waals surface area (Å²) in [6.07, 6.45) is 0. The Morgan fingerprint density at radius 1 is 1.10 bits per heavy atom. The van der Waals surface area contributed by atoms with E-state index in [1.165, 1.54) is 0 Å². The van der Waals surface area contributed by atoms with E-state index in [1.807, 2.05) is 30.3 Å². The van der Waals surface area contributed by atoms with Gasteiger partial charge in [-0.05, 0) is 56.1 Å². The lowest BCUT2D eigenvalue weighted by Crippen LogP contribution is -2.12. The molecule has 0 heterocycles. The number of hydrogen-bond donors (Lipinski definition) is 2. The molecule has 0 bridgehead atoms. The van der Waals surface area contributed by atoms with Crippen LogP contribution in [0.5, 0.6) is 5.75 Å². The lowest BCUT2D eigenvalue weighted by Gasteiger charge is -2.15. The largest absolute Gasteiger partial charge is 0.495 e. The number of methoxy groups -OCH3 is 1. The monoisotopic (exact) mass is 492 g/mol. The Labute approximate surface area is 153 Å². The van der Waals surface area contributed by atoms with Gasteiger partial charge in [0.05, 0.1) is 17.3 Å². The van der Waals surface area contributed by atoms with Crippen molar-refractivity contribution in [1.29, 1.82) is 0 Å². The van der Waals surface area contributed by atoms with E-state index in [9.17, 15) is 0 Å². The molecule has 0 saturated heterocycles. The van der Waals surface area contributed by atoms with Gasteiger partial charge in [0, 0.05) is 26.3 Å². The molecule has 3 nitrogen and oxygen atoms in total. The molecule has 2 aromatic rings. The molecule has 3 N–H and O–H groups in total. The van der Waals surface area contributed by atoms with Gasteiger partial charge in [0.15, 0.2) is 0 Å². The first kappa shape index (κ1) is 16.7. The van der Waals surface area contributed by atoms with Gasteiger partial charge >= 0.3 is 0 Å². The number of thiocarbonyl (C=S) groups is 1. The van der Waals surface area contributed by atoms with E-state index in [0.29, 0.717) is 4.99 Å². The van der Waals surface area contributed by atoms with Gasteiger partial charge in [-0.1, -0.05) is 28.1 Å². The zero-order chi connectivity index (χ0) is 15.6. The average Bonchev–Trinajstić information content (AvgIpc) is 2.41. The van der Waals surface area contributed by atoms with Gasteiger partial charge in [0.2, 0.25) is 0 Å². The number of benzene rings is 2. The third-order valence-electron chi connectivity index (χ3n) is 2.76. The van der Waals surface area contributed by atoms with Gasteiger partial charge in [0.25, 0.3) is 0 Å². The maximum Gasteiger partial charge on any atom is 0.135 e. The summed E-state index contributed by atoms with van der Waals surface area (Å²) in [5.74, 6) is 0.729. The quantitative estimate of drug-likeness (QED) is 0.562. The summed E-state index contributed by atoms with van der Waals surface area (Å²) in [6.45, 7) is 0. The highest BCUT2D eigenvalue weighted by molar-refractivity contribution is 9.11. The van der Waals surface area contributed by atoms with E-state index in [-0.39, 0.29) is 0 Å². The number of nitrogens with two attached hydrogens (primary N) is 1. The smallest absolute Gasteiger partial charge is 0.135 e. The first-order valence-corrected chi connectivity index (χ1v) is 8.60. The molecule has 0 radical (unpaired) electrons. The molecule has 0 aliphatic carbocycles. The fourth-order valence-corrected chi connectivity index (χ4v) is 3.56. The third kappa shape index (κ3) is 3.97. The van der Waals surface area contributed by atoms with Crippen LogP contribution in [0.15, 0.2) is 43.7 Å². The molecule has 0 atom stereocenters. The summed E-state index contributed by atoms with van der Waals surface area (Å²) in [4.78, 5) is 0.338. The topological polar surface area (TPSA) is 47.3 Å². The van der Waals surface area contributed by atoms with Crippen LogP contribution in [0.2, 0.25) is 0 Å². The van der Waals surface area contributed by atoms with E-state index in [0.717, 1.165) is 36.1 Å². The van der Waals surface area contributed by atoms with Crippen LogP contribution < -0.4 is 15.8 Å². The summed E-state index contributed by atoms with van der Waals surface area (Å²) in [6, 6.07) is 9.50. The molecule has 110 valence electrons. The Morgan fingerprint density at radius 3 is 2.43 bits per heavy atom. The molecule has 0 saturated carbocycles. The van der Waals surface area contributed by atoms with Crippen molar-refractivity contribution in [3.63, 3.8) is 0 Å². The predicted octanol–water partition coefficient (Wildman–Crippen LogP) is 5.36. The van der Waals surface area contributed by atoms with Crippen LogP contribution in [-0.2, 0) is 0 Å². The van der Waals surface area contributed by atoms with Crippen molar-refractivity contribution in [2.45, 2.75) is 0 Å². The van der Waals surface area contributed by atoms with Crippen LogP contribution >= 0.6 is 60.0 Å². The van der Waals surface area contributed by atoms with Gasteiger partial charge in [-0.3, -0.25) is 0 Å². The van der Waals surface area contributed by atoms with Crippen molar-refractivity contribution in [1.82, 2.24) is 0 Å². The van der Waals surface area contributed by atoms with Crippen molar-refractivity contribution < 1.29 is 4.74 Å².